The summed E-state index contributed by atoms with van der Waals surface area (Å²) >= 11 is 1.77. The molecule has 0 bridgehead atoms. The molecule has 0 saturated carbocycles. The summed E-state index contributed by atoms with van der Waals surface area (Å²) in [6.45, 7) is 2.09. The molecule has 1 heterocycles. The third-order valence-corrected chi connectivity index (χ3v) is 3.08. The molecule has 0 saturated heterocycles. The molecular formula is C11H14FN3S. The number of rotatable bonds is 4. The first kappa shape index (κ1) is 11.3. The van der Waals surface area contributed by atoms with E-state index in [1.165, 1.54) is 12.1 Å². The standard InChI is InChI=1S/C11H14FN3S/c1-7(6-16-2)13-11-14-9-4-3-8(12)5-10(9)15-11/h3-5,7H,6H2,1-2H3,(H2,13,14,15). The van der Waals surface area contributed by atoms with Crippen molar-refractivity contribution >= 4 is 28.7 Å². The quantitative estimate of drug-likeness (QED) is 0.862. The van der Waals surface area contributed by atoms with Crippen LogP contribution in [0.2, 0.25) is 0 Å². The topological polar surface area (TPSA) is 40.7 Å². The molecule has 0 fully saturated rings. The van der Waals surface area contributed by atoms with Gasteiger partial charge in [-0.15, -0.1) is 0 Å². The van der Waals surface area contributed by atoms with Crippen molar-refractivity contribution in [1.82, 2.24) is 9.97 Å². The van der Waals surface area contributed by atoms with Crippen LogP contribution in [0.3, 0.4) is 0 Å². The van der Waals surface area contributed by atoms with Crippen LogP contribution >= 0.6 is 11.8 Å². The number of hydrogen-bond acceptors (Lipinski definition) is 3. The molecule has 3 nitrogen and oxygen atoms in total. The zero-order valence-electron chi connectivity index (χ0n) is 9.25. The van der Waals surface area contributed by atoms with E-state index < -0.39 is 0 Å². The number of halogens is 1. The van der Waals surface area contributed by atoms with Gasteiger partial charge in [0.1, 0.15) is 5.82 Å². The predicted molar refractivity (Wildman–Crippen MR) is 67.5 cm³/mol. The first-order valence-corrected chi connectivity index (χ1v) is 6.49. The molecule has 0 spiro atoms. The zero-order chi connectivity index (χ0) is 11.5. The Hall–Kier alpha value is -1.23. The fourth-order valence-electron chi connectivity index (χ4n) is 1.58. The second kappa shape index (κ2) is 4.74. The molecule has 1 aromatic heterocycles. The zero-order valence-corrected chi connectivity index (χ0v) is 10.1. The number of thioether (sulfide) groups is 1. The van der Waals surface area contributed by atoms with Crippen LogP contribution in [0.4, 0.5) is 10.3 Å². The van der Waals surface area contributed by atoms with E-state index in [4.69, 9.17) is 0 Å². The van der Waals surface area contributed by atoms with Gasteiger partial charge in [-0.05, 0) is 31.4 Å². The molecule has 0 aliphatic heterocycles. The molecule has 1 unspecified atom stereocenters. The Kier molecular flexibility index (Phi) is 3.33. The Morgan fingerprint density at radius 1 is 1.56 bits per heavy atom. The van der Waals surface area contributed by atoms with Crippen molar-refractivity contribution < 1.29 is 4.39 Å². The van der Waals surface area contributed by atoms with E-state index in [9.17, 15) is 4.39 Å². The first-order chi connectivity index (χ1) is 7.69. The summed E-state index contributed by atoms with van der Waals surface area (Å²) in [5.74, 6) is 1.45. The molecule has 1 atom stereocenters. The van der Waals surface area contributed by atoms with Crippen LogP contribution in [0.5, 0.6) is 0 Å². The van der Waals surface area contributed by atoms with Crippen LogP contribution in [0.25, 0.3) is 11.0 Å². The van der Waals surface area contributed by atoms with Crippen LogP contribution in [-0.2, 0) is 0 Å². The molecule has 2 N–H and O–H groups in total. The minimum Gasteiger partial charge on any atom is -0.353 e. The molecule has 0 radical (unpaired) electrons. The Labute approximate surface area is 97.8 Å². The number of fused-ring (bicyclic) bond motifs is 1. The molecule has 0 amide bonds. The van der Waals surface area contributed by atoms with Crippen LogP contribution in [-0.4, -0.2) is 28.0 Å². The maximum absolute atomic E-state index is 13.0. The van der Waals surface area contributed by atoms with E-state index in [0.29, 0.717) is 12.0 Å². The van der Waals surface area contributed by atoms with Crippen LogP contribution in [0.1, 0.15) is 6.92 Å². The number of benzene rings is 1. The molecular weight excluding hydrogens is 225 g/mol. The van der Waals surface area contributed by atoms with Crippen molar-refractivity contribution in [3.05, 3.63) is 24.0 Å². The van der Waals surface area contributed by atoms with Gasteiger partial charge in [0.2, 0.25) is 5.95 Å². The monoisotopic (exact) mass is 239 g/mol. The summed E-state index contributed by atoms with van der Waals surface area (Å²) in [7, 11) is 0. The summed E-state index contributed by atoms with van der Waals surface area (Å²) in [5, 5.41) is 3.24. The maximum Gasteiger partial charge on any atom is 0.201 e. The van der Waals surface area contributed by atoms with Crippen molar-refractivity contribution in [3.63, 3.8) is 0 Å². The van der Waals surface area contributed by atoms with E-state index in [0.717, 1.165) is 16.8 Å². The van der Waals surface area contributed by atoms with E-state index >= 15 is 0 Å². The molecule has 2 rings (SSSR count). The van der Waals surface area contributed by atoms with Gasteiger partial charge in [-0.1, -0.05) is 0 Å². The fourth-order valence-corrected chi connectivity index (χ4v) is 2.16. The lowest BCUT2D eigenvalue weighted by atomic mass is 10.3. The summed E-state index contributed by atoms with van der Waals surface area (Å²) in [4.78, 5) is 7.39. The second-order valence-electron chi connectivity index (χ2n) is 3.75. The lowest BCUT2D eigenvalue weighted by Gasteiger charge is -2.10. The lowest BCUT2D eigenvalue weighted by Crippen LogP contribution is -2.18. The molecule has 16 heavy (non-hydrogen) atoms. The van der Waals surface area contributed by atoms with Gasteiger partial charge in [0, 0.05) is 11.8 Å². The molecule has 0 aliphatic rings. The number of nitrogens with zero attached hydrogens (tertiary/aromatic N) is 1. The third kappa shape index (κ3) is 2.47. The number of imidazole rings is 1. The number of nitrogens with one attached hydrogen (secondary N) is 2. The van der Waals surface area contributed by atoms with Gasteiger partial charge < -0.3 is 10.3 Å². The van der Waals surface area contributed by atoms with Gasteiger partial charge in [0.05, 0.1) is 11.0 Å². The van der Waals surface area contributed by atoms with Crippen LogP contribution < -0.4 is 5.32 Å². The minimum absolute atomic E-state index is 0.250. The molecule has 2 aromatic rings. The Balaban J connectivity index is 2.19. The fraction of sp³-hybridized carbons (Fsp3) is 0.364. The highest BCUT2D eigenvalue weighted by Crippen LogP contribution is 2.16. The van der Waals surface area contributed by atoms with Crippen molar-refractivity contribution in [3.8, 4) is 0 Å². The van der Waals surface area contributed by atoms with Crippen molar-refractivity contribution in [2.24, 2.45) is 0 Å². The summed E-state index contributed by atoms with van der Waals surface area (Å²) in [6.07, 6.45) is 2.06. The Bertz CT molecular complexity index is 483. The predicted octanol–water partition coefficient (Wildman–Crippen LogP) is 2.87. The van der Waals surface area contributed by atoms with Crippen molar-refractivity contribution in [1.29, 1.82) is 0 Å². The minimum atomic E-state index is -0.250. The summed E-state index contributed by atoms with van der Waals surface area (Å²) in [6, 6.07) is 4.87. The second-order valence-corrected chi connectivity index (χ2v) is 4.66. The Morgan fingerprint density at radius 3 is 3.12 bits per heavy atom. The van der Waals surface area contributed by atoms with Gasteiger partial charge >= 0.3 is 0 Å². The number of hydrogen-bond donors (Lipinski definition) is 2. The number of H-pyrrole nitrogens is 1. The smallest absolute Gasteiger partial charge is 0.201 e. The number of anilines is 1. The van der Waals surface area contributed by atoms with Gasteiger partial charge in [0.15, 0.2) is 0 Å². The van der Waals surface area contributed by atoms with Crippen LogP contribution in [0, 0.1) is 5.82 Å². The first-order valence-electron chi connectivity index (χ1n) is 5.10. The largest absolute Gasteiger partial charge is 0.353 e. The normalized spacial score (nSPS) is 12.9. The highest BCUT2D eigenvalue weighted by atomic mass is 32.2. The third-order valence-electron chi connectivity index (χ3n) is 2.24. The number of aromatic amines is 1. The van der Waals surface area contributed by atoms with E-state index in [1.807, 2.05) is 0 Å². The SMILES string of the molecule is CSCC(C)Nc1nc2ccc(F)cc2[nH]1. The molecule has 0 aliphatic carbocycles. The average Bonchev–Trinajstić information content (AvgIpc) is 2.59. The van der Waals surface area contributed by atoms with E-state index in [-0.39, 0.29) is 5.82 Å². The highest BCUT2D eigenvalue weighted by molar-refractivity contribution is 7.98. The summed E-state index contributed by atoms with van der Waals surface area (Å²) in [5.41, 5.74) is 1.50. The maximum atomic E-state index is 13.0. The van der Waals surface area contributed by atoms with Crippen molar-refractivity contribution in [2.45, 2.75) is 13.0 Å². The van der Waals surface area contributed by atoms with Gasteiger partial charge in [-0.3, -0.25) is 0 Å². The van der Waals surface area contributed by atoms with Crippen molar-refractivity contribution in [2.75, 3.05) is 17.3 Å². The van der Waals surface area contributed by atoms with Crippen LogP contribution in [0.15, 0.2) is 18.2 Å². The van der Waals surface area contributed by atoms with Gasteiger partial charge in [0.25, 0.3) is 0 Å². The average molecular weight is 239 g/mol. The van der Waals surface area contributed by atoms with E-state index in [2.05, 4.69) is 28.5 Å². The molecule has 86 valence electrons. The Morgan fingerprint density at radius 2 is 2.38 bits per heavy atom. The lowest BCUT2D eigenvalue weighted by molar-refractivity contribution is 0.629. The highest BCUT2D eigenvalue weighted by Gasteiger charge is 2.06. The number of aromatic nitrogens is 2. The van der Waals surface area contributed by atoms with E-state index in [1.54, 1.807) is 17.8 Å². The van der Waals surface area contributed by atoms with Gasteiger partial charge in [-0.2, -0.15) is 11.8 Å². The molecule has 1 aromatic carbocycles. The van der Waals surface area contributed by atoms with Gasteiger partial charge in [-0.25, -0.2) is 9.37 Å². The molecule has 5 heteroatoms. The summed E-state index contributed by atoms with van der Waals surface area (Å²) < 4.78 is 13.0.